The van der Waals surface area contributed by atoms with Crippen LogP contribution in [0, 0.1) is 20.8 Å². The van der Waals surface area contributed by atoms with Gasteiger partial charge in [-0.2, -0.15) is 10.1 Å². The third-order valence-corrected chi connectivity index (χ3v) is 4.27. The molecule has 0 unspecified atom stereocenters. The second-order valence-electron chi connectivity index (χ2n) is 6.24. The summed E-state index contributed by atoms with van der Waals surface area (Å²) in [6.45, 7) is 7.35. The number of benzene rings is 1. The van der Waals surface area contributed by atoms with Crippen LogP contribution < -0.4 is 4.74 Å². The molecule has 0 fully saturated rings. The number of esters is 1. The van der Waals surface area contributed by atoms with E-state index in [0.717, 1.165) is 11.3 Å². The molecule has 144 valence electrons. The molecule has 3 aromatic rings. The van der Waals surface area contributed by atoms with Crippen LogP contribution in [-0.2, 0) is 9.53 Å². The molecule has 0 saturated heterocycles. The van der Waals surface area contributed by atoms with Crippen molar-refractivity contribution in [3.8, 4) is 17.3 Å². The molecule has 28 heavy (non-hydrogen) atoms. The van der Waals surface area contributed by atoms with Crippen molar-refractivity contribution in [1.82, 2.24) is 19.7 Å². The fraction of sp³-hybridized carbons (Fsp3) is 0.238. The first-order chi connectivity index (χ1) is 13.4. The molecule has 2 aromatic heterocycles. The summed E-state index contributed by atoms with van der Waals surface area (Å²) < 4.78 is 12.6. The fourth-order valence-corrected chi connectivity index (χ4v) is 2.96. The van der Waals surface area contributed by atoms with Crippen LogP contribution in [0.4, 0.5) is 0 Å². The summed E-state index contributed by atoms with van der Waals surface area (Å²) in [6, 6.07) is 7.92. The number of carbonyl (C=O) groups excluding carboxylic acids is 1. The van der Waals surface area contributed by atoms with Gasteiger partial charge in [0.15, 0.2) is 5.75 Å². The smallest absolute Gasteiger partial charge is 0.338 e. The van der Waals surface area contributed by atoms with Crippen molar-refractivity contribution in [2.75, 3.05) is 7.11 Å². The molecule has 7 nitrogen and oxygen atoms in total. The van der Waals surface area contributed by atoms with E-state index >= 15 is 0 Å². The SMILES string of the molecule is CC=C(C(=O)OC)c1c(C)nc(C)nc1Oc1cnn(-c2ccccc2C)c1. The second-order valence-corrected chi connectivity index (χ2v) is 6.24. The fourth-order valence-electron chi connectivity index (χ4n) is 2.96. The van der Waals surface area contributed by atoms with Crippen LogP contribution in [0.5, 0.6) is 11.6 Å². The monoisotopic (exact) mass is 378 g/mol. The van der Waals surface area contributed by atoms with E-state index < -0.39 is 5.97 Å². The lowest BCUT2D eigenvalue weighted by atomic mass is 10.1. The number of rotatable bonds is 5. The number of hydrogen-bond acceptors (Lipinski definition) is 6. The van der Waals surface area contributed by atoms with E-state index in [1.807, 2.05) is 31.2 Å². The number of carbonyl (C=O) groups is 1. The molecule has 7 heteroatoms. The normalized spacial score (nSPS) is 11.4. The van der Waals surface area contributed by atoms with Crippen LogP contribution in [0.2, 0.25) is 0 Å². The Morgan fingerprint density at radius 2 is 1.89 bits per heavy atom. The Bertz CT molecular complexity index is 1050. The van der Waals surface area contributed by atoms with Gasteiger partial charge < -0.3 is 9.47 Å². The minimum Gasteiger partial charge on any atom is -0.465 e. The van der Waals surface area contributed by atoms with Gasteiger partial charge in [0.1, 0.15) is 5.82 Å². The number of aryl methyl sites for hydroxylation is 3. The topological polar surface area (TPSA) is 79.1 Å². The maximum atomic E-state index is 12.2. The average Bonchev–Trinajstić information content (AvgIpc) is 3.12. The van der Waals surface area contributed by atoms with Crippen LogP contribution in [-0.4, -0.2) is 32.8 Å². The molecule has 0 aliphatic rings. The number of ether oxygens (including phenoxy) is 2. The molecule has 0 aliphatic heterocycles. The summed E-state index contributed by atoms with van der Waals surface area (Å²) in [5.74, 6) is 0.858. The molecule has 0 bridgehead atoms. The number of methoxy groups -OCH3 is 1. The van der Waals surface area contributed by atoms with E-state index in [2.05, 4.69) is 15.1 Å². The van der Waals surface area contributed by atoms with Gasteiger partial charge in [-0.15, -0.1) is 0 Å². The molecule has 0 radical (unpaired) electrons. The summed E-state index contributed by atoms with van der Waals surface area (Å²) >= 11 is 0. The first kappa shape index (κ1) is 19.3. The van der Waals surface area contributed by atoms with E-state index in [9.17, 15) is 4.79 Å². The maximum absolute atomic E-state index is 12.2. The van der Waals surface area contributed by atoms with Crippen molar-refractivity contribution in [3.63, 3.8) is 0 Å². The summed E-state index contributed by atoms with van der Waals surface area (Å²) in [7, 11) is 1.34. The molecule has 0 saturated carbocycles. The van der Waals surface area contributed by atoms with Gasteiger partial charge in [-0.25, -0.2) is 14.5 Å². The third kappa shape index (κ3) is 3.78. The molecule has 2 heterocycles. The molecule has 0 N–H and O–H groups in total. The molecule has 1 aromatic carbocycles. The lowest BCUT2D eigenvalue weighted by molar-refractivity contribution is -0.133. The first-order valence-corrected chi connectivity index (χ1v) is 8.83. The van der Waals surface area contributed by atoms with E-state index in [4.69, 9.17) is 9.47 Å². The van der Waals surface area contributed by atoms with Crippen LogP contribution in [0.15, 0.2) is 42.7 Å². The van der Waals surface area contributed by atoms with E-state index in [1.54, 1.807) is 43.9 Å². The average molecular weight is 378 g/mol. The van der Waals surface area contributed by atoms with Gasteiger partial charge in [-0.05, 0) is 39.3 Å². The minimum absolute atomic E-state index is 0.285. The Balaban J connectivity index is 2.02. The van der Waals surface area contributed by atoms with Crippen molar-refractivity contribution in [2.24, 2.45) is 0 Å². The zero-order valence-corrected chi connectivity index (χ0v) is 16.6. The number of para-hydroxylation sites is 1. The largest absolute Gasteiger partial charge is 0.465 e. The van der Waals surface area contributed by atoms with Crippen LogP contribution in [0.3, 0.4) is 0 Å². The van der Waals surface area contributed by atoms with Crippen molar-refractivity contribution < 1.29 is 14.3 Å². The first-order valence-electron chi connectivity index (χ1n) is 8.83. The number of aromatic nitrogens is 4. The Kier molecular flexibility index (Phi) is 5.54. The quantitative estimate of drug-likeness (QED) is 0.494. The van der Waals surface area contributed by atoms with Crippen LogP contribution in [0.1, 0.15) is 29.6 Å². The zero-order valence-electron chi connectivity index (χ0n) is 16.6. The van der Waals surface area contributed by atoms with E-state index in [-0.39, 0.29) is 5.88 Å². The highest BCUT2D eigenvalue weighted by Crippen LogP contribution is 2.31. The highest BCUT2D eigenvalue weighted by molar-refractivity contribution is 6.17. The van der Waals surface area contributed by atoms with Gasteiger partial charge in [0.05, 0.1) is 42.0 Å². The molecule has 0 amide bonds. The van der Waals surface area contributed by atoms with Crippen molar-refractivity contribution in [1.29, 1.82) is 0 Å². The van der Waals surface area contributed by atoms with Crippen molar-refractivity contribution >= 4 is 11.5 Å². The molecular weight excluding hydrogens is 356 g/mol. The third-order valence-electron chi connectivity index (χ3n) is 4.27. The van der Waals surface area contributed by atoms with Gasteiger partial charge in [0, 0.05) is 0 Å². The Labute approximate surface area is 163 Å². The molecular formula is C21H22N4O3. The highest BCUT2D eigenvalue weighted by atomic mass is 16.5. The second kappa shape index (κ2) is 8.04. The Hall–Kier alpha value is -3.48. The molecule has 3 rings (SSSR count). The highest BCUT2D eigenvalue weighted by Gasteiger charge is 2.22. The van der Waals surface area contributed by atoms with Gasteiger partial charge in [-0.3, -0.25) is 0 Å². The van der Waals surface area contributed by atoms with Crippen LogP contribution in [0.25, 0.3) is 11.3 Å². The van der Waals surface area contributed by atoms with E-state index in [1.165, 1.54) is 7.11 Å². The number of nitrogens with zero attached hydrogens (tertiary/aromatic N) is 4. The Morgan fingerprint density at radius 1 is 1.14 bits per heavy atom. The van der Waals surface area contributed by atoms with Gasteiger partial charge in [0.25, 0.3) is 0 Å². The van der Waals surface area contributed by atoms with Gasteiger partial charge >= 0.3 is 5.97 Å². The maximum Gasteiger partial charge on any atom is 0.338 e. The van der Waals surface area contributed by atoms with E-state index in [0.29, 0.717) is 28.4 Å². The zero-order chi connectivity index (χ0) is 20.3. The minimum atomic E-state index is -0.474. The summed E-state index contributed by atoms with van der Waals surface area (Å²) in [5, 5.41) is 4.38. The van der Waals surface area contributed by atoms with Gasteiger partial charge in [-0.1, -0.05) is 24.3 Å². The Morgan fingerprint density at radius 3 is 2.57 bits per heavy atom. The molecule has 0 aliphatic carbocycles. The van der Waals surface area contributed by atoms with Crippen LogP contribution >= 0.6 is 0 Å². The van der Waals surface area contributed by atoms with Crippen molar-refractivity contribution in [3.05, 3.63) is 65.4 Å². The standard InChI is InChI=1S/C21H22N4O3/c1-6-17(21(26)27-5)19-14(3)23-15(4)24-20(19)28-16-11-22-25(12-16)18-10-8-7-9-13(18)2/h6-12H,1-5H3. The summed E-state index contributed by atoms with van der Waals surface area (Å²) in [5.41, 5.74) is 3.53. The predicted molar refractivity (Wildman–Crippen MR) is 106 cm³/mol. The lowest BCUT2D eigenvalue weighted by Crippen LogP contribution is -2.09. The van der Waals surface area contributed by atoms with Gasteiger partial charge in [0.2, 0.25) is 5.88 Å². The predicted octanol–water partition coefficient (Wildman–Crippen LogP) is 3.96. The lowest BCUT2D eigenvalue weighted by Gasteiger charge is -2.13. The number of allylic oxidation sites excluding steroid dienone is 1. The molecule has 0 atom stereocenters. The summed E-state index contributed by atoms with van der Waals surface area (Å²) in [6.07, 6.45) is 5.04. The summed E-state index contributed by atoms with van der Waals surface area (Å²) in [4.78, 5) is 21.0. The number of hydrogen-bond donors (Lipinski definition) is 0. The van der Waals surface area contributed by atoms with Crippen molar-refractivity contribution in [2.45, 2.75) is 27.7 Å². The molecule has 0 spiro atoms.